The summed E-state index contributed by atoms with van der Waals surface area (Å²) in [4.78, 5) is 0. The first-order chi connectivity index (χ1) is 8.57. The zero-order valence-electron chi connectivity index (χ0n) is 11.1. The Hall–Kier alpha value is -0.900. The zero-order chi connectivity index (χ0) is 12.8. The molecule has 2 aliphatic rings. The molecule has 2 heterocycles. The largest absolute Gasteiger partial charge is 0.385 e. The molecule has 2 unspecified atom stereocenters. The average Bonchev–Trinajstić information content (AvgIpc) is 2.27. The number of ether oxygens (including phenoxy) is 1. The Morgan fingerprint density at radius 3 is 2.50 bits per heavy atom. The standard InChI is InChI=1S/C15H21NO2/c1-10-3-4-14(11(2)5-10)15(17)6-12-8-18-9-13(7-15)16-12/h3-5,12-13,16-17H,6-9H2,1-2H3. The van der Waals surface area contributed by atoms with Gasteiger partial charge in [0.05, 0.1) is 18.8 Å². The molecule has 0 saturated carbocycles. The van der Waals surface area contributed by atoms with Gasteiger partial charge in [0.1, 0.15) is 0 Å². The number of hydrogen-bond acceptors (Lipinski definition) is 3. The molecule has 2 aliphatic heterocycles. The van der Waals surface area contributed by atoms with Gasteiger partial charge in [-0.15, -0.1) is 0 Å². The molecule has 0 aliphatic carbocycles. The van der Waals surface area contributed by atoms with Crippen molar-refractivity contribution in [2.75, 3.05) is 13.2 Å². The fourth-order valence-electron chi connectivity index (χ4n) is 3.47. The van der Waals surface area contributed by atoms with Crippen LogP contribution in [0.5, 0.6) is 0 Å². The van der Waals surface area contributed by atoms with E-state index < -0.39 is 5.60 Å². The summed E-state index contributed by atoms with van der Waals surface area (Å²) in [5.41, 5.74) is 2.84. The van der Waals surface area contributed by atoms with E-state index in [1.165, 1.54) is 11.1 Å². The molecule has 2 bridgehead atoms. The van der Waals surface area contributed by atoms with Gasteiger partial charge in [0, 0.05) is 12.1 Å². The smallest absolute Gasteiger partial charge is 0.0930 e. The Morgan fingerprint density at radius 2 is 1.89 bits per heavy atom. The molecular weight excluding hydrogens is 226 g/mol. The van der Waals surface area contributed by atoms with Gasteiger partial charge in [-0.05, 0) is 37.8 Å². The number of benzene rings is 1. The van der Waals surface area contributed by atoms with Crippen LogP contribution in [-0.4, -0.2) is 30.4 Å². The van der Waals surface area contributed by atoms with Crippen LogP contribution < -0.4 is 5.32 Å². The van der Waals surface area contributed by atoms with Crippen LogP contribution in [0.3, 0.4) is 0 Å². The van der Waals surface area contributed by atoms with Gasteiger partial charge in [-0.2, -0.15) is 0 Å². The van der Waals surface area contributed by atoms with E-state index in [2.05, 4.69) is 37.4 Å². The Bertz CT molecular complexity index is 446. The molecular formula is C15H21NO2. The van der Waals surface area contributed by atoms with Gasteiger partial charge in [-0.3, -0.25) is 0 Å². The summed E-state index contributed by atoms with van der Waals surface area (Å²) < 4.78 is 5.54. The van der Waals surface area contributed by atoms with Gasteiger partial charge in [0.25, 0.3) is 0 Å². The maximum absolute atomic E-state index is 11.0. The second-order valence-electron chi connectivity index (χ2n) is 5.86. The van der Waals surface area contributed by atoms with Crippen molar-refractivity contribution in [3.63, 3.8) is 0 Å². The molecule has 3 rings (SSSR count). The van der Waals surface area contributed by atoms with Crippen LogP contribution in [0.4, 0.5) is 0 Å². The predicted octanol–water partition coefficient (Wildman–Crippen LogP) is 1.64. The highest BCUT2D eigenvalue weighted by Gasteiger charge is 2.42. The summed E-state index contributed by atoms with van der Waals surface area (Å²) in [5.74, 6) is 0. The van der Waals surface area contributed by atoms with Gasteiger partial charge in [0.2, 0.25) is 0 Å². The van der Waals surface area contributed by atoms with E-state index >= 15 is 0 Å². The summed E-state index contributed by atoms with van der Waals surface area (Å²) in [6.45, 7) is 5.61. The Kier molecular flexibility index (Phi) is 2.93. The average molecular weight is 247 g/mol. The highest BCUT2D eigenvalue weighted by molar-refractivity contribution is 5.35. The fourth-order valence-corrected chi connectivity index (χ4v) is 3.47. The number of nitrogens with one attached hydrogen (secondary N) is 1. The van der Waals surface area contributed by atoms with Gasteiger partial charge in [0.15, 0.2) is 0 Å². The van der Waals surface area contributed by atoms with E-state index in [0.29, 0.717) is 13.2 Å². The lowest BCUT2D eigenvalue weighted by Crippen LogP contribution is -2.58. The van der Waals surface area contributed by atoms with Crippen LogP contribution in [0.1, 0.15) is 29.5 Å². The van der Waals surface area contributed by atoms with Crippen molar-refractivity contribution < 1.29 is 9.84 Å². The van der Waals surface area contributed by atoms with Crippen LogP contribution >= 0.6 is 0 Å². The zero-order valence-corrected chi connectivity index (χ0v) is 11.1. The van der Waals surface area contributed by atoms with Gasteiger partial charge in [-0.1, -0.05) is 23.8 Å². The van der Waals surface area contributed by atoms with E-state index in [0.717, 1.165) is 18.4 Å². The van der Waals surface area contributed by atoms with E-state index in [9.17, 15) is 5.11 Å². The third kappa shape index (κ3) is 2.07. The predicted molar refractivity (Wildman–Crippen MR) is 70.6 cm³/mol. The lowest BCUT2D eigenvalue weighted by Gasteiger charge is -2.45. The van der Waals surface area contributed by atoms with Crippen molar-refractivity contribution in [1.29, 1.82) is 0 Å². The second kappa shape index (κ2) is 4.34. The summed E-state index contributed by atoms with van der Waals surface area (Å²) in [6, 6.07) is 6.90. The first-order valence-electron chi connectivity index (χ1n) is 6.71. The SMILES string of the molecule is Cc1ccc(C2(O)CC3COCC(C2)N3)c(C)c1. The first kappa shape index (κ1) is 12.2. The minimum Gasteiger partial charge on any atom is -0.385 e. The molecule has 2 saturated heterocycles. The Morgan fingerprint density at radius 1 is 1.22 bits per heavy atom. The van der Waals surface area contributed by atoms with Crippen LogP contribution in [-0.2, 0) is 10.3 Å². The molecule has 1 aromatic carbocycles. The summed E-state index contributed by atoms with van der Waals surface area (Å²) in [5, 5.41) is 14.5. The van der Waals surface area contributed by atoms with Crippen molar-refractivity contribution in [1.82, 2.24) is 5.32 Å². The molecule has 2 fully saturated rings. The molecule has 2 atom stereocenters. The van der Waals surface area contributed by atoms with Crippen LogP contribution in [0.25, 0.3) is 0 Å². The molecule has 1 aromatic rings. The highest BCUT2D eigenvalue weighted by Crippen LogP contribution is 2.38. The Labute approximate surface area is 108 Å². The van der Waals surface area contributed by atoms with E-state index in [4.69, 9.17) is 4.74 Å². The third-order valence-electron chi connectivity index (χ3n) is 4.16. The number of aryl methyl sites for hydroxylation is 2. The van der Waals surface area contributed by atoms with Gasteiger partial charge < -0.3 is 15.2 Å². The molecule has 3 heteroatoms. The van der Waals surface area contributed by atoms with Crippen LogP contribution in [0.2, 0.25) is 0 Å². The molecule has 3 nitrogen and oxygen atoms in total. The molecule has 0 aromatic heterocycles. The molecule has 0 spiro atoms. The third-order valence-corrected chi connectivity index (χ3v) is 4.16. The number of aliphatic hydroxyl groups is 1. The van der Waals surface area contributed by atoms with E-state index in [1.807, 2.05) is 0 Å². The molecule has 2 N–H and O–H groups in total. The van der Waals surface area contributed by atoms with E-state index in [1.54, 1.807) is 0 Å². The number of fused-ring (bicyclic) bond motifs is 2. The number of hydrogen-bond donors (Lipinski definition) is 2. The van der Waals surface area contributed by atoms with Gasteiger partial charge in [-0.25, -0.2) is 0 Å². The fraction of sp³-hybridized carbons (Fsp3) is 0.600. The summed E-state index contributed by atoms with van der Waals surface area (Å²) >= 11 is 0. The van der Waals surface area contributed by atoms with Crippen LogP contribution in [0.15, 0.2) is 18.2 Å². The topological polar surface area (TPSA) is 41.5 Å². The highest BCUT2D eigenvalue weighted by atomic mass is 16.5. The van der Waals surface area contributed by atoms with E-state index in [-0.39, 0.29) is 12.1 Å². The van der Waals surface area contributed by atoms with Crippen LogP contribution in [0, 0.1) is 13.8 Å². The van der Waals surface area contributed by atoms with Gasteiger partial charge >= 0.3 is 0 Å². The minimum absolute atomic E-state index is 0.281. The number of morpholine rings is 1. The molecule has 18 heavy (non-hydrogen) atoms. The first-order valence-corrected chi connectivity index (χ1v) is 6.71. The van der Waals surface area contributed by atoms with Crippen molar-refractivity contribution >= 4 is 0 Å². The lowest BCUT2D eigenvalue weighted by molar-refractivity contribution is -0.0805. The second-order valence-corrected chi connectivity index (χ2v) is 5.86. The van der Waals surface area contributed by atoms with Crippen molar-refractivity contribution in [2.45, 2.75) is 44.4 Å². The molecule has 0 radical (unpaired) electrons. The maximum Gasteiger partial charge on any atom is 0.0930 e. The number of piperidine rings is 1. The summed E-state index contributed by atoms with van der Waals surface area (Å²) in [6.07, 6.45) is 1.49. The normalized spacial score (nSPS) is 35.5. The maximum atomic E-state index is 11.0. The lowest BCUT2D eigenvalue weighted by atomic mass is 9.76. The van der Waals surface area contributed by atoms with Crippen molar-refractivity contribution in [2.24, 2.45) is 0 Å². The van der Waals surface area contributed by atoms with Crippen molar-refractivity contribution in [3.8, 4) is 0 Å². The molecule has 98 valence electrons. The summed E-state index contributed by atoms with van der Waals surface area (Å²) in [7, 11) is 0. The number of rotatable bonds is 1. The Balaban J connectivity index is 1.94. The molecule has 0 amide bonds. The minimum atomic E-state index is -0.692. The monoisotopic (exact) mass is 247 g/mol. The van der Waals surface area contributed by atoms with Crippen molar-refractivity contribution in [3.05, 3.63) is 34.9 Å². The quantitative estimate of drug-likeness (QED) is 0.792.